The van der Waals surface area contributed by atoms with Crippen molar-refractivity contribution in [3.05, 3.63) is 35.2 Å². The van der Waals surface area contributed by atoms with E-state index in [0.717, 1.165) is 5.56 Å². The molecule has 2 rings (SSSR count). The summed E-state index contributed by atoms with van der Waals surface area (Å²) < 4.78 is 5.01. The number of nitrogen functional groups attached to an aromatic ring is 1. The number of amides is 1. The fourth-order valence-electron chi connectivity index (χ4n) is 1.68. The Kier molecular flexibility index (Phi) is 3.65. The van der Waals surface area contributed by atoms with Gasteiger partial charge in [-0.15, -0.1) is 0 Å². The number of ether oxygens (including phenoxy) is 1. The van der Waals surface area contributed by atoms with E-state index in [2.05, 4.69) is 20.5 Å². The van der Waals surface area contributed by atoms with Crippen molar-refractivity contribution in [3.8, 4) is 5.88 Å². The van der Waals surface area contributed by atoms with Crippen LogP contribution in [0.2, 0.25) is 0 Å². The van der Waals surface area contributed by atoms with Gasteiger partial charge in [-0.3, -0.25) is 9.89 Å². The van der Waals surface area contributed by atoms with Crippen molar-refractivity contribution >= 4 is 11.7 Å². The van der Waals surface area contributed by atoms with E-state index in [-0.39, 0.29) is 11.7 Å². The molecule has 0 aliphatic carbocycles. The molecule has 19 heavy (non-hydrogen) atoms. The molecule has 0 bridgehead atoms. The largest absolute Gasteiger partial charge is 0.481 e. The second-order valence-electron chi connectivity index (χ2n) is 4.00. The maximum absolute atomic E-state index is 12.0. The van der Waals surface area contributed by atoms with Gasteiger partial charge in [-0.1, -0.05) is 0 Å². The van der Waals surface area contributed by atoms with Gasteiger partial charge in [0.25, 0.3) is 5.91 Å². The Balaban J connectivity index is 2.04. The van der Waals surface area contributed by atoms with Crippen LogP contribution in [0.15, 0.2) is 18.3 Å². The topological polar surface area (TPSA) is 106 Å². The van der Waals surface area contributed by atoms with Gasteiger partial charge in [-0.05, 0) is 18.6 Å². The minimum absolute atomic E-state index is 0.197. The molecule has 0 spiro atoms. The summed E-state index contributed by atoms with van der Waals surface area (Å²) in [5, 5.41) is 9.22. The minimum Gasteiger partial charge on any atom is -0.481 e. The first-order chi connectivity index (χ1) is 9.11. The molecule has 0 aromatic carbocycles. The Morgan fingerprint density at radius 2 is 2.37 bits per heavy atom. The van der Waals surface area contributed by atoms with Gasteiger partial charge in [0, 0.05) is 24.5 Å². The van der Waals surface area contributed by atoms with Crippen molar-refractivity contribution in [1.82, 2.24) is 20.5 Å². The number of aryl methyl sites for hydroxylation is 1. The molecule has 0 radical (unpaired) electrons. The van der Waals surface area contributed by atoms with Crippen LogP contribution >= 0.6 is 0 Å². The van der Waals surface area contributed by atoms with E-state index in [9.17, 15) is 4.79 Å². The van der Waals surface area contributed by atoms with Crippen LogP contribution in [0.5, 0.6) is 5.88 Å². The van der Waals surface area contributed by atoms with Crippen molar-refractivity contribution in [3.63, 3.8) is 0 Å². The number of aromatic amines is 1. The third kappa shape index (κ3) is 2.82. The van der Waals surface area contributed by atoms with Crippen molar-refractivity contribution in [2.45, 2.75) is 13.5 Å². The van der Waals surface area contributed by atoms with Crippen molar-refractivity contribution in [1.29, 1.82) is 0 Å². The van der Waals surface area contributed by atoms with Gasteiger partial charge < -0.3 is 15.8 Å². The number of H-pyrrole nitrogens is 1. The summed E-state index contributed by atoms with van der Waals surface area (Å²) in [6.45, 7) is 2.11. The first kappa shape index (κ1) is 12.9. The minimum atomic E-state index is -0.264. The molecule has 0 fully saturated rings. The molecule has 2 aromatic heterocycles. The number of anilines is 1. The molecule has 2 heterocycles. The summed E-state index contributed by atoms with van der Waals surface area (Å²) in [4.78, 5) is 16.0. The van der Waals surface area contributed by atoms with Gasteiger partial charge in [0.15, 0.2) is 5.82 Å². The molecule has 100 valence electrons. The molecular formula is C12H15N5O2. The lowest BCUT2D eigenvalue weighted by molar-refractivity contribution is 0.0951. The predicted octanol–water partition coefficient (Wildman–Crippen LogP) is 0.634. The first-order valence-electron chi connectivity index (χ1n) is 5.69. The van der Waals surface area contributed by atoms with E-state index in [4.69, 9.17) is 10.5 Å². The highest BCUT2D eigenvalue weighted by molar-refractivity contribution is 5.99. The monoisotopic (exact) mass is 261 g/mol. The van der Waals surface area contributed by atoms with Crippen LogP contribution in [0.1, 0.15) is 21.6 Å². The second kappa shape index (κ2) is 5.38. The molecule has 0 unspecified atom stereocenters. The van der Waals surface area contributed by atoms with Gasteiger partial charge in [0.2, 0.25) is 5.88 Å². The van der Waals surface area contributed by atoms with E-state index < -0.39 is 0 Å². The number of aromatic nitrogens is 3. The molecule has 0 aliphatic heterocycles. The first-order valence-corrected chi connectivity index (χ1v) is 5.69. The van der Waals surface area contributed by atoms with Gasteiger partial charge >= 0.3 is 0 Å². The average molecular weight is 261 g/mol. The van der Waals surface area contributed by atoms with E-state index >= 15 is 0 Å². The lowest BCUT2D eigenvalue weighted by atomic mass is 10.2. The Hall–Kier alpha value is -2.57. The van der Waals surface area contributed by atoms with Crippen LogP contribution in [0.25, 0.3) is 0 Å². The fourth-order valence-corrected chi connectivity index (χ4v) is 1.68. The van der Waals surface area contributed by atoms with Gasteiger partial charge in [-0.2, -0.15) is 5.10 Å². The van der Waals surface area contributed by atoms with E-state index in [1.807, 2.05) is 0 Å². The Morgan fingerprint density at radius 1 is 1.58 bits per heavy atom. The number of nitrogens with two attached hydrogens (primary N) is 1. The Labute approximate surface area is 110 Å². The van der Waals surface area contributed by atoms with Crippen LogP contribution in [0.3, 0.4) is 0 Å². The van der Waals surface area contributed by atoms with E-state index in [1.165, 1.54) is 0 Å². The number of pyridine rings is 1. The van der Waals surface area contributed by atoms with Crippen LogP contribution in [0.4, 0.5) is 5.82 Å². The van der Waals surface area contributed by atoms with E-state index in [0.29, 0.717) is 23.7 Å². The standard InChI is InChI=1S/C12H15N5O2/c1-7-10(11(13)17-16-7)12(18)15-6-8-3-4-14-9(5-8)19-2/h3-5H,6H2,1-2H3,(H,15,18)(H3,13,16,17). The van der Waals surface area contributed by atoms with Crippen LogP contribution in [0, 0.1) is 6.92 Å². The SMILES string of the molecule is COc1cc(CNC(=O)c2c(N)n[nH]c2C)ccn1. The molecule has 0 atom stereocenters. The summed E-state index contributed by atoms with van der Waals surface area (Å²) in [7, 11) is 1.54. The highest BCUT2D eigenvalue weighted by Crippen LogP contribution is 2.13. The quantitative estimate of drug-likeness (QED) is 0.748. The molecule has 1 amide bonds. The smallest absolute Gasteiger partial charge is 0.257 e. The molecule has 7 heteroatoms. The van der Waals surface area contributed by atoms with Gasteiger partial charge in [-0.25, -0.2) is 4.98 Å². The van der Waals surface area contributed by atoms with Crippen molar-refractivity contribution in [2.75, 3.05) is 12.8 Å². The fraction of sp³-hybridized carbons (Fsp3) is 0.250. The number of rotatable bonds is 4. The molecule has 2 aromatic rings. The number of hydrogen-bond acceptors (Lipinski definition) is 5. The number of methoxy groups -OCH3 is 1. The molecular weight excluding hydrogens is 246 g/mol. The van der Waals surface area contributed by atoms with Gasteiger partial charge in [0.05, 0.1) is 7.11 Å². The Bertz CT molecular complexity index is 574. The third-order valence-corrected chi connectivity index (χ3v) is 2.66. The zero-order valence-electron chi connectivity index (χ0n) is 10.7. The Morgan fingerprint density at radius 3 is 3.00 bits per heavy atom. The highest BCUT2D eigenvalue weighted by Gasteiger charge is 2.15. The number of hydrogen-bond donors (Lipinski definition) is 3. The van der Waals surface area contributed by atoms with Crippen LogP contribution < -0.4 is 15.8 Å². The van der Waals surface area contributed by atoms with Gasteiger partial charge in [0.1, 0.15) is 5.56 Å². The molecule has 7 nitrogen and oxygen atoms in total. The van der Waals surface area contributed by atoms with Crippen LogP contribution in [-0.4, -0.2) is 28.2 Å². The number of carbonyl (C=O) groups excluding carboxylic acids is 1. The van der Waals surface area contributed by atoms with Crippen molar-refractivity contribution < 1.29 is 9.53 Å². The number of carbonyl (C=O) groups is 1. The third-order valence-electron chi connectivity index (χ3n) is 2.66. The summed E-state index contributed by atoms with van der Waals surface area (Å²) in [6.07, 6.45) is 1.62. The predicted molar refractivity (Wildman–Crippen MR) is 69.7 cm³/mol. The average Bonchev–Trinajstić information content (AvgIpc) is 2.76. The molecule has 4 N–H and O–H groups in total. The maximum Gasteiger partial charge on any atom is 0.257 e. The lowest BCUT2D eigenvalue weighted by Crippen LogP contribution is -2.24. The summed E-state index contributed by atoms with van der Waals surface area (Å²) in [6, 6.07) is 3.56. The van der Waals surface area contributed by atoms with Crippen LogP contribution in [-0.2, 0) is 6.54 Å². The summed E-state index contributed by atoms with van der Waals surface area (Å²) in [5.41, 5.74) is 7.53. The molecule has 0 saturated carbocycles. The summed E-state index contributed by atoms with van der Waals surface area (Å²) >= 11 is 0. The number of nitrogens with one attached hydrogen (secondary N) is 2. The second-order valence-corrected chi connectivity index (χ2v) is 4.00. The zero-order chi connectivity index (χ0) is 13.8. The molecule has 0 saturated heterocycles. The van der Waals surface area contributed by atoms with Crippen molar-refractivity contribution in [2.24, 2.45) is 0 Å². The van der Waals surface area contributed by atoms with E-state index in [1.54, 1.807) is 32.4 Å². The number of nitrogens with zero attached hydrogens (tertiary/aromatic N) is 2. The summed E-state index contributed by atoms with van der Waals surface area (Å²) in [5.74, 6) is 0.438. The zero-order valence-corrected chi connectivity index (χ0v) is 10.7. The maximum atomic E-state index is 12.0. The highest BCUT2D eigenvalue weighted by atomic mass is 16.5. The normalized spacial score (nSPS) is 10.2. The lowest BCUT2D eigenvalue weighted by Gasteiger charge is -2.06. The molecule has 0 aliphatic rings.